The minimum atomic E-state index is -0.397. The predicted octanol–water partition coefficient (Wildman–Crippen LogP) is 3.81. The average Bonchev–Trinajstić information content (AvgIpc) is 3.11. The van der Waals surface area contributed by atoms with Crippen molar-refractivity contribution in [3.8, 4) is 11.5 Å². The highest BCUT2D eigenvalue weighted by Gasteiger charge is 2.38. The Balaban J connectivity index is 1.49. The van der Waals surface area contributed by atoms with Gasteiger partial charge in [-0.3, -0.25) is 9.36 Å². The lowest BCUT2D eigenvalue weighted by molar-refractivity contribution is -0.133. The van der Waals surface area contributed by atoms with Crippen LogP contribution >= 0.6 is 0 Å². The minimum Gasteiger partial charge on any atom is -0.457 e. The van der Waals surface area contributed by atoms with E-state index in [0.717, 1.165) is 41.3 Å². The lowest BCUT2D eigenvalue weighted by Gasteiger charge is -2.36. The first-order valence-electron chi connectivity index (χ1n) is 11.3. The first-order valence-corrected chi connectivity index (χ1v) is 11.3. The number of aromatic nitrogens is 3. The number of hydrogen-bond acceptors (Lipinski definition) is 4. The topological polar surface area (TPSA) is 69.4 Å². The summed E-state index contributed by atoms with van der Waals surface area (Å²) in [7, 11) is 1.69. The highest BCUT2D eigenvalue weighted by Crippen LogP contribution is 2.45. The van der Waals surface area contributed by atoms with E-state index in [2.05, 4.69) is 5.10 Å². The average molecular weight is 433 g/mol. The first kappa shape index (κ1) is 20.5. The number of nitrogens with zero attached hydrogens (tertiary/aromatic N) is 4. The van der Waals surface area contributed by atoms with Crippen molar-refractivity contribution in [3.05, 3.63) is 76.0 Å². The molecule has 0 N–H and O–H groups in total. The number of amides is 1. The molecule has 0 spiro atoms. The van der Waals surface area contributed by atoms with E-state index in [1.54, 1.807) is 11.6 Å². The molecule has 1 aromatic heterocycles. The van der Waals surface area contributed by atoms with E-state index >= 15 is 0 Å². The van der Waals surface area contributed by atoms with Crippen LogP contribution in [-0.2, 0) is 11.8 Å². The van der Waals surface area contributed by atoms with Crippen molar-refractivity contribution in [1.29, 1.82) is 0 Å². The fraction of sp³-hybridized carbons (Fsp3) is 0.400. The lowest BCUT2D eigenvalue weighted by Crippen LogP contribution is -2.43. The zero-order chi connectivity index (χ0) is 22.4. The van der Waals surface area contributed by atoms with Gasteiger partial charge in [-0.1, -0.05) is 36.4 Å². The van der Waals surface area contributed by atoms with Crippen LogP contribution in [0.15, 0.2) is 53.3 Å². The van der Waals surface area contributed by atoms with Crippen molar-refractivity contribution in [2.45, 2.75) is 44.6 Å². The summed E-state index contributed by atoms with van der Waals surface area (Å²) in [4.78, 5) is 28.4. The van der Waals surface area contributed by atoms with Gasteiger partial charge >= 0.3 is 5.69 Å². The smallest absolute Gasteiger partial charge is 0.345 e. The van der Waals surface area contributed by atoms with Crippen molar-refractivity contribution >= 4 is 5.91 Å². The van der Waals surface area contributed by atoms with Crippen molar-refractivity contribution in [2.75, 3.05) is 13.1 Å². The van der Waals surface area contributed by atoms with Crippen molar-refractivity contribution < 1.29 is 9.53 Å². The van der Waals surface area contributed by atoms with Crippen LogP contribution in [0.4, 0.5) is 0 Å². The Bertz CT molecular complexity index is 1180. The SMILES string of the molecule is CC(C)n1c(C2CCCN(C(=O)C3c4ccccc4Oc4ccccc43)C2)nn(C)c1=O. The third-order valence-electron chi connectivity index (χ3n) is 6.52. The molecule has 5 rings (SSSR count). The number of benzene rings is 2. The van der Waals surface area contributed by atoms with Crippen LogP contribution in [0.25, 0.3) is 0 Å². The maximum Gasteiger partial charge on any atom is 0.345 e. The molecule has 2 aromatic carbocycles. The molecule has 1 saturated heterocycles. The molecule has 0 bridgehead atoms. The van der Waals surface area contributed by atoms with Crippen LogP contribution in [0.3, 0.4) is 0 Å². The number of carbonyl (C=O) groups is 1. The maximum absolute atomic E-state index is 13.9. The normalized spacial score (nSPS) is 18.2. The standard InChI is InChI=1S/C25H28N4O3/c1-16(2)29-23(26-27(3)25(29)31)17-9-8-14-28(15-17)24(30)22-18-10-4-6-12-20(18)32-21-13-7-5-11-19(21)22/h4-7,10-13,16-17,22H,8-9,14-15H2,1-3H3. The van der Waals surface area contributed by atoms with Gasteiger partial charge in [-0.05, 0) is 38.8 Å². The number of ether oxygens (including phenoxy) is 1. The Labute approximate surface area is 187 Å². The molecule has 32 heavy (non-hydrogen) atoms. The molecule has 0 saturated carbocycles. The summed E-state index contributed by atoms with van der Waals surface area (Å²) in [5, 5.41) is 4.54. The van der Waals surface area contributed by atoms with E-state index in [1.165, 1.54) is 4.68 Å². The number of carbonyl (C=O) groups excluding carboxylic acids is 1. The summed E-state index contributed by atoms with van der Waals surface area (Å²) in [6.45, 7) is 5.25. The predicted molar refractivity (Wildman–Crippen MR) is 121 cm³/mol. The minimum absolute atomic E-state index is 0.0199. The van der Waals surface area contributed by atoms with Gasteiger partial charge in [0.15, 0.2) is 0 Å². The number of aryl methyl sites for hydroxylation is 1. The molecule has 1 amide bonds. The first-order chi connectivity index (χ1) is 15.5. The van der Waals surface area contributed by atoms with Crippen LogP contribution in [0.1, 0.15) is 61.5 Å². The Kier molecular flexibility index (Phi) is 5.12. The Morgan fingerprint density at radius 2 is 1.69 bits per heavy atom. The molecule has 3 heterocycles. The summed E-state index contributed by atoms with van der Waals surface area (Å²) in [5.74, 6) is 1.96. The molecule has 7 heteroatoms. The monoisotopic (exact) mass is 432 g/mol. The van der Waals surface area contributed by atoms with Gasteiger partial charge in [-0.2, -0.15) is 5.10 Å². The van der Waals surface area contributed by atoms with Gasteiger partial charge in [0.2, 0.25) is 5.91 Å². The van der Waals surface area contributed by atoms with E-state index in [1.807, 2.05) is 67.3 Å². The molecule has 166 valence electrons. The van der Waals surface area contributed by atoms with E-state index in [0.29, 0.717) is 13.1 Å². The third-order valence-corrected chi connectivity index (χ3v) is 6.52. The van der Waals surface area contributed by atoms with Crippen molar-refractivity contribution in [3.63, 3.8) is 0 Å². The number of fused-ring (bicyclic) bond motifs is 2. The molecular formula is C25H28N4O3. The molecule has 2 aliphatic heterocycles. The van der Waals surface area contributed by atoms with Gasteiger partial charge < -0.3 is 9.64 Å². The lowest BCUT2D eigenvalue weighted by atomic mass is 9.85. The van der Waals surface area contributed by atoms with Crippen LogP contribution in [0.2, 0.25) is 0 Å². The molecule has 1 unspecified atom stereocenters. The zero-order valence-corrected chi connectivity index (χ0v) is 18.7. The largest absolute Gasteiger partial charge is 0.457 e. The van der Waals surface area contributed by atoms with Gasteiger partial charge in [0, 0.05) is 43.2 Å². The number of likely N-dealkylation sites (tertiary alicyclic amines) is 1. The van der Waals surface area contributed by atoms with Crippen LogP contribution in [-0.4, -0.2) is 38.2 Å². The fourth-order valence-corrected chi connectivity index (χ4v) is 5.01. The third kappa shape index (κ3) is 3.32. The second kappa shape index (κ2) is 7.97. The highest BCUT2D eigenvalue weighted by atomic mass is 16.5. The molecule has 1 atom stereocenters. The van der Waals surface area contributed by atoms with Gasteiger partial charge in [0.05, 0.1) is 5.92 Å². The number of hydrogen-bond donors (Lipinski definition) is 0. The number of rotatable bonds is 3. The van der Waals surface area contributed by atoms with Crippen LogP contribution in [0.5, 0.6) is 11.5 Å². The van der Waals surface area contributed by atoms with E-state index in [9.17, 15) is 9.59 Å². The Hall–Kier alpha value is -3.35. The van der Waals surface area contributed by atoms with Gasteiger partial charge in [0.1, 0.15) is 17.3 Å². The summed E-state index contributed by atoms with van der Waals surface area (Å²) >= 11 is 0. The summed E-state index contributed by atoms with van der Waals surface area (Å²) in [6, 6.07) is 15.6. The fourth-order valence-electron chi connectivity index (χ4n) is 5.01. The zero-order valence-electron chi connectivity index (χ0n) is 18.7. The second-order valence-electron chi connectivity index (χ2n) is 8.96. The molecule has 1 fully saturated rings. The van der Waals surface area contributed by atoms with Crippen molar-refractivity contribution in [1.82, 2.24) is 19.2 Å². The molecular weight excluding hydrogens is 404 g/mol. The highest BCUT2D eigenvalue weighted by molar-refractivity contribution is 5.89. The molecule has 0 radical (unpaired) electrons. The van der Waals surface area contributed by atoms with Crippen LogP contribution < -0.4 is 10.4 Å². The summed E-state index contributed by atoms with van der Waals surface area (Å²) in [5.41, 5.74) is 1.69. The molecule has 3 aromatic rings. The second-order valence-corrected chi connectivity index (χ2v) is 8.96. The van der Waals surface area contributed by atoms with Crippen molar-refractivity contribution in [2.24, 2.45) is 7.05 Å². The van der Waals surface area contributed by atoms with E-state index in [4.69, 9.17) is 4.74 Å². The van der Waals surface area contributed by atoms with E-state index in [-0.39, 0.29) is 23.6 Å². The quantitative estimate of drug-likeness (QED) is 0.631. The summed E-state index contributed by atoms with van der Waals surface area (Å²) in [6.07, 6.45) is 1.79. The molecule has 2 aliphatic rings. The van der Waals surface area contributed by atoms with Gasteiger partial charge in [0.25, 0.3) is 0 Å². The van der Waals surface area contributed by atoms with Crippen LogP contribution in [0, 0.1) is 0 Å². The van der Waals surface area contributed by atoms with Gasteiger partial charge in [-0.15, -0.1) is 0 Å². The maximum atomic E-state index is 13.9. The van der Waals surface area contributed by atoms with E-state index < -0.39 is 5.92 Å². The van der Waals surface area contributed by atoms with Gasteiger partial charge in [-0.25, -0.2) is 9.48 Å². The summed E-state index contributed by atoms with van der Waals surface area (Å²) < 4.78 is 9.24. The molecule has 7 nitrogen and oxygen atoms in total. The number of piperidine rings is 1. The Morgan fingerprint density at radius 1 is 1.06 bits per heavy atom. The molecule has 0 aliphatic carbocycles. The Morgan fingerprint density at radius 3 is 2.31 bits per heavy atom. The number of para-hydroxylation sites is 2.